The van der Waals surface area contributed by atoms with E-state index in [1.54, 1.807) is 29.2 Å². The molecule has 0 bridgehead atoms. The maximum absolute atomic E-state index is 13.6. The summed E-state index contributed by atoms with van der Waals surface area (Å²) in [5, 5.41) is 14.7. The number of carboxylic acids is 1. The Kier molecular flexibility index (Phi) is 5.35. The Morgan fingerprint density at radius 2 is 1.86 bits per heavy atom. The normalized spacial score (nSPS) is 20.7. The van der Waals surface area contributed by atoms with E-state index < -0.39 is 17.9 Å². The van der Waals surface area contributed by atoms with Gasteiger partial charge in [-0.2, -0.15) is 0 Å². The number of carboxylic acid groups (broad SMARTS) is 1. The van der Waals surface area contributed by atoms with E-state index in [2.05, 4.69) is 11.4 Å². The van der Waals surface area contributed by atoms with Crippen LogP contribution in [-0.4, -0.2) is 17.7 Å². The van der Waals surface area contributed by atoms with Crippen LogP contribution in [-0.2, 0) is 9.59 Å². The van der Waals surface area contributed by atoms with Gasteiger partial charge in [0.2, 0.25) is 5.91 Å². The molecule has 0 saturated carbocycles. The third-order valence-corrected chi connectivity index (χ3v) is 6.53. The number of Topliss-reactive ketones (excluding diaryl/α,β-unsaturated/α-hetero) is 1. The number of fused-ring (bicyclic) bond motifs is 2. The Labute approximate surface area is 203 Å². The third kappa shape index (κ3) is 4.03. The fourth-order valence-corrected chi connectivity index (χ4v) is 5.12. The average molecular weight is 470 g/mol. The van der Waals surface area contributed by atoms with Crippen LogP contribution in [0.3, 0.4) is 0 Å². The summed E-state index contributed by atoms with van der Waals surface area (Å²) in [6.07, 6.45) is 2.41. The maximum atomic E-state index is 13.6. The molecule has 3 aromatic rings. The van der Waals surface area contributed by atoms with E-state index in [0.717, 1.165) is 11.4 Å². The number of nitrogens with one attached hydrogen (secondary N) is 1. The summed E-state index contributed by atoms with van der Waals surface area (Å²) >= 11 is 0. The Morgan fingerprint density at radius 1 is 1.09 bits per heavy atom. The van der Waals surface area contributed by atoms with Crippen LogP contribution in [0.2, 0.25) is 0 Å². The van der Waals surface area contributed by atoms with E-state index in [1.165, 1.54) is 19.1 Å². The zero-order chi connectivity index (χ0) is 24.9. The molecule has 0 saturated heterocycles. The van der Waals surface area contributed by atoms with Crippen LogP contribution >= 0.6 is 0 Å². The van der Waals surface area contributed by atoms with Crippen molar-refractivity contribution in [3.8, 4) is 11.3 Å². The highest BCUT2D eigenvalue weighted by Crippen LogP contribution is 2.49. The first-order valence-electron chi connectivity index (χ1n) is 11.5. The van der Waals surface area contributed by atoms with Crippen molar-refractivity contribution in [3.63, 3.8) is 0 Å². The van der Waals surface area contributed by atoms with E-state index in [-0.39, 0.29) is 22.7 Å². The van der Waals surface area contributed by atoms with Crippen molar-refractivity contribution in [2.45, 2.75) is 33.2 Å². The lowest BCUT2D eigenvalue weighted by atomic mass is 9.73. The Hall–Kier alpha value is -4.13. The van der Waals surface area contributed by atoms with Gasteiger partial charge in [-0.25, -0.2) is 0 Å². The predicted molar refractivity (Wildman–Crippen MR) is 129 cm³/mol. The minimum absolute atomic E-state index is 0.0148. The monoisotopic (exact) mass is 469 g/mol. The fourth-order valence-electron chi connectivity index (χ4n) is 5.12. The number of carbonyl (C=O) groups excluding carboxylic acids is 3. The highest BCUT2D eigenvalue weighted by atomic mass is 16.4. The zero-order valence-corrected chi connectivity index (χ0v) is 19.7. The van der Waals surface area contributed by atoms with Crippen molar-refractivity contribution in [1.82, 2.24) is 0 Å². The molecule has 1 amide bonds. The van der Waals surface area contributed by atoms with Gasteiger partial charge in [-0.05, 0) is 41.3 Å². The second kappa shape index (κ2) is 8.27. The number of allylic oxidation sites excluding steroid dienone is 1. The van der Waals surface area contributed by atoms with E-state index in [0.29, 0.717) is 29.2 Å². The van der Waals surface area contributed by atoms with Crippen LogP contribution in [0.25, 0.3) is 11.3 Å². The van der Waals surface area contributed by atoms with Gasteiger partial charge < -0.3 is 19.6 Å². The van der Waals surface area contributed by atoms with Crippen molar-refractivity contribution < 1.29 is 23.9 Å². The quantitative estimate of drug-likeness (QED) is 0.613. The number of hydrogen-bond donors (Lipinski definition) is 1. The van der Waals surface area contributed by atoms with Crippen molar-refractivity contribution in [2.24, 2.45) is 11.3 Å². The van der Waals surface area contributed by atoms with E-state index in [1.807, 2.05) is 38.1 Å². The van der Waals surface area contributed by atoms with Gasteiger partial charge in [-0.3, -0.25) is 14.5 Å². The molecule has 1 aromatic heterocycles. The molecule has 2 heterocycles. The summed E-state index contributed by atoms with van der Waals surface area (Å²) in [4.78, 5) is 39.6. The molecule has 0 fully saturated rings. The van der Waals surface area contributed by atoms with Crippen molar-refractivity contribution in [1.29, 1.82) is 0 Å². The molecule has 1 aliphatic carbocycles. The zero-order valence-electron chi connectivity index (χ0n) is 19.7. The third-order valence-electron chi connectivity index (χ3n) is 6.53. The van der Waals surface area contributed by atoms with Gasteiger partial charge in [0, 0.05) is 24.6 Å². The fraction of sp³-hybridized carbons (Fsp3) is 0.250. The largest absolute Gasteiger partial charge is 0.545 e. The highest BCUT2D eigenvalue weighted by molar-refractivity contribution is 6.00. The topological polar surface area (TPSA) is 103 Å². The van der Waals surface area contributed by atoms with Crippen LogP contribution in [0.15, 0.2) is 76.9 Å². The molecule has 35 heavy (non-hydrogen) atoms. The molecule has 2 atom stereocenters. The number of para-hydroxylation sites is 2. The van der Waals surface area contributed by atoms with Gasteiger partial charge in [-0.15, -0.1) is 0 Å². The summed E-state index contributed by atoms with van der Waals surface area (Å²) in [7, 11) is 0. The van der Waals surface area contributed by atoms with Crippen LogP contribution in [0.4, 0.5) is 11.4 Å². The van der Waals surface area contributed by atoms with E-state index in [9.17, 15) is 19.5 Å². The summed E-state index contributed by atoms with van der Waals surface area (Å²) in [6, 6.07) is 16.5. The Bertz CT molecular complexity index is 1380. The minimum atomic E-state index is -1.28. The van der Waals surface area contributed by atoms with Crippen LogP contribution in [0, 0.1) is 11.3 Å². The SMILES string of the molecule is CC(=O)N1c2ccccc2NC2=CC(C)(C)CC(=O)C2C1c1ccc(-c2cccc(C(=O)[O-])c2)o1. The molecule has 7 heteroatoms. The molecule has 2 aromatic carbocycles. The number of amides is 1. The summed E-state index contributed by atoms with van der Waals surface area (Å²) in [6.45, 7) is 5.50. The summed E-state index contributed by atoms with van der Waals surface area (Å²) in [5.74, 6) is -1.25. The molecule has 2 aliphatic rings. The molecule has 2 unspecified atom stereocenters. The number of anilines is 2. The van der Waals surface area contributed by atoms with Crippen molar-refractivity contribution >= 4 is 29.0 Å². The first-order valence-corrected chi connectivity index (χ1v) is 11.5. The van der Waals surface area contributed by atoms with Gasteiger partial charge in [-0.1, -0.05) is 50.3 Å². The molecular weight excluding hydrogens is 444 g/mol. The van der Waals surface area contributed by atoms with Crippen LogP contribution in [0.5, 0.6) is 0 Å². The Morgan fingerprint density at radius 3 is 2.60 bits per heavy atom. The number of ketones is 1. The lowest BCUT2D eigenvalue weighted by molar-refractivity contribution is -0.255. The number of benzene rings is 2. The second-order valence-electron chi connectivity index (χ2n) is 9.76. The van der Waals surface area contributed by atoms with Gasteiger partial charge >= 0.3 is 0 Å². The first kappa shape index (κ1) is 22.7. The number of aromatic carboxylic acids is 1. The smallest absolute Gasteiger partial charge is 0.224 e. The summed E-state index contributed by atoms with van der Waals surface area (Å²) < 4.78 is 6.23. The molecule has 5 rings (SSSR count). The molecule has 0 spiro atoms. The highest BCUT2D eigenvalue weighted by Gasteiger charge is 2.47. The van der Waals surface area contributed by atoms with Crippen LogP contribution in [0.1, 0.15) is 49.4 Å². The Balaban J connectivity index is 1.69. The van der Waals surface area contributed by atoms with Gasteiger partial charge in [0.05, 0.1) is 23.3 Å². The molecular formula is C28H25N2O5-. The number of hydrogen-bond acceptors (Lipinski definition) is 6. The van der Waals surface area contributed by atoms with Gasteiger partial charge in [0.15, 0.2) is 0 Å². The van der Waals surface area contributed by atoms with Crippen molar-refractivity contribution in [3.05, 3.63) is 83.8 Å². The number of rotatable bonds is 3. The van der Waals surface area contributed by atoms with Crippen molar-refractivity contribution in [2.75, 3.05) is 10.2 Å². The van der Waals surface area contributed by atoms with Gasteiger partial charge in [0.1, 0.15) is 23.3 Å². The average Bonchev–Trinajstić information content (AvgIpc) is 3.22. The second-order valence-corrected chi connectivity index (χ2v) is 9.76. The van der Waals surface area contributed by atoms with E-state index in [4.69, 9.17) is 4.42 Å². The van der Waals surface area contributed by atoms with Gasteiger partial charge in [0.25, 0.3) is 0 Å². The summed E-state index contributed by atoms with van der Waals surface area (Å²) in [5.41, 5.74) is 2.40. The molecule has 178 valence electrons. The molecule has 1 aliphatic heterocycles. The number of carbonyl (C=O) groups is 3. The predicted octanol–water partition coefficient (Wildman–Crippen LogP) is 4.33. The first-order chi connectivity index (χ1) is 16.6. The van der Waals surface area contributed by atoms with Crippen LogP contribution < -0.4 is 15.3 Å². The molecule has 1 N–H and O–H groups in total. The number of nitrogens with zero attached hydrogens (tertiary/aromatic N) is 1. The maximum Gasteiger partial charge on any atom is 0.224 e. The standard InChI is InChI=1S/C28H26N2O5/c1-16(31)30-21-10-5-4-9-19(21)29-20-14-28(2,3)15-22(32)25(20)26(30)24-12-11-23(35-24)17-7-6-8-18(13-17)27(33)34/h4-14,25-26,29H,15H2,1-3H3,(H,33,34)/p-1. The van der Waals surface area contributed by atoms with E-state index >= 15 is 0 Å². The molecule has 7 nitrogen and oxygen atoms in total. The lowest BCUT2D eigenvalue weighted by Crippen LogP contribution is -2.42. The lowest BCUT2D eigenvalue weighted by Gasteiger charge is -2.37. The number of furan rings is 1. The molecule has 0 radical (unpaired) electrons. The minimum Gasteiger partial charge on any atom is -0.545 e.